The normalized spacial score (nSPS) is 18.2. The van der Waals surface area contributed by atoms with Crippen molar-refractivity contribution >= 4 is 0 Å². The second kappa shape index (κ2) is 7.54. The van der Waals surface area contributed by atoms with Gasteiger partial charge in [-0.15, -0.1) is 0 Å². The van der Waals surface area contributed by atoms with E-state index in [-0.39, 0.29) is 0 Å². The Balaban J connectivity index is 1.84. The molecule has 0 amide bonds. The molecule has 2 rings (SSSR count). The van der Waals surface area contributed by atoms with Crippen molar-refractivity contribution < 1.29 is 4.74 Å². The van der Waals surface area contributed by atoms with Crippen LogP contribution in [0, 0.1) is 5.92 Å². The summed E-state index contributed by atoms with van der Waals surface area (Å²) in [5.41, 5.74) is 1.36. The Morgan fingerprint density at radius 3 is 2.74 bits per heavy atom. The van der Waals surface area contributed by atoms with Crippen LogP contribution >= 0.6 is 0 Å². The maximum absolute atomic E-state index is 6.04. The zero-order valence-electron chi connectivity index (χ0n) is 12.3. The second-order valence-corrected chi connectivity index (χ2v) is 5.68. The summed E-state index contributed by atoms with van der Waals surface area (Å²) >= 11 is 0. The van der Waals surface area contributed by atoms with Crippen LogP contribution in [-0.2, 0) is 0 Å². The van der Waals surface area contributed by atoms with E-state index in [1.807, 2.05) is 0 Å². The van der Waals surface area contributed by atoms with E-state index in [1.54, 1.807) is 0 Å². The van der Waals surface area contributed by atoms with Crippen LogP contribution in [0.1, 0.15) is 51.0 Å². The lowest BCUT2D eigenvalue weighted by molar-refractivity contribution is 0.249. The lowest BCUT2D eigenvalue weighted by Gasteiger charge is -2.23. The summed E-state index contributed by atoms with van der Waals surface area (Å²) in [6.07, 6.45) is 4.96. The van der Waals surface area contributed by atoms with Gasteiger partial charge in [0.1, 0.15) is 5.75 Å². The Hall–Kier alpha value is -1.02. The molecule has 106 valence electrons. The van der Waals surface area contributed by atoms with Gasteiger partial charge >= 0.3 is 0 Å². The fraction of sp³-hybridized carbons (Fsp3) is 0.647. The maximum atomic E-state index is 6.04. The molecule has 1 aromatic carbocycles. The predicted molar refractivity (Wildman–Crippen MR) is 80.9 cm³/mol. The number of benzene rings is 1. The van der Waals surface area contributed by atoms with Crippen LogP contribution in [-0.4, -0.2) is 19.7 Å². The van der Waals surface area contributed by atoms with Crippen LogP contribution in [0.25, 0.3) is 0 Å². The SMILES string of the molecule is CC[C@@H](C)c1ccccc1OCCC1CCNCC1. The summed E-state index contributed by atoms with van der Waals surface area (Å²) < 4.78 is 6.04. The summed E-state index contributed by atoms with van der Waals surface area (Å²) in [5, 5.41) is 3.41. The van der Waals surface area contributed by atoms with E-state index >= 15 is 0 Å². The van der Waals surface area contributed by atoms with Gasteiger partial charge in [-0.1, -0.05) is 32.0 Å². The van der Waals surface area contributed by atoms with Gasteiger partial charge in [-0.25, -0.2) is 0 Å². The monoisotopic (exact) mass is 261 g/mol. The van der Waals surface area contributed by atoms with Gasteiger partial charge in [0.05, 0.1) is 6.61 Å². The van der Waals surface area contributed by atoms with Crippen molar-refractivity contribution in [3.63, 3.8) is 0 Å². The Bertz CT molecular complexity index is 371. The summed E-state index contributed by atoms with van der Waals surface area (Å²) in [5.74, 6) is 2.51. The van der Waals surface area contributed by atoms with Gasteiger partial charge in [-0.05, 0) is 62.2 Å². The predicted octanol–water partition coefficient (Wildman–Crippen LogP) is 3.97. The van der Waals surface area contributed by atoms with Gasteiger partial charge in [0, 0.05) is 0 Å². The third kappa shape index (κ3) is 4.24. The molecule has 0 bridgehead atoms. The average Bonchev–Trinajstić information content (AvgIpc) is 2.48. The van der Waals surface area contributed by atoms with Crippen LogP contribution in [0.5, 0.6) is 5.75 Å². The Kier molecular flexibility index (Phi) is 5.71. The molecule has 19 heavy (non-hydrogen) atoms. The minimum atomic E-state index is 0.579. The molecule has 1 aromatic rings. The molecule has 1 N–H and O–H groups in total. The van der Waals surface area contributed by atoms with Crippen molar-refractivity contribution in [1.29, 1.82) is 0 Å². The molecule has 0 aromatic heterocycles. The number of rotatable bonds is 6. The van der Waals surface area contributed by atoms with E-state index in [0.29, 0.717) is 5.92 Å². The van der Waals surface area contributed by atoms with E-state index < -0.39 is 0 Å². The van der Waals surface area contributed by atoms with Crippen molar-refractivity contribution in [2.75, 3.05) is 19.7 Å². The van der Waals surface area contributed by atoms with E-state index in [0.717, 1.165) is 24.7 Å². The summed E-state index contributed by atoms with van der Waals surface area (Å²) in [6.45, 7) is 7.71. The molecule has 0 saturated carbocycles. The molecule has 0 radical (unpaired) electrons. The van der Waals surface area contributed by atoms with Gasteiger partial charge in [0.25, 0.3) is 0 Å². The topological polar surface area (TPSA) is 21.3 Å². The Labute approximate surface area is 117 Å². The molecule has 1 aliphatic heterocycles. The molecule has 2 nitrogen and oxygen atoms in total. The van der Waals surface area contributed by atoms with Crippen molar-refractivity contribution in [3.8, 4) is 5.75 Å². The summed E-state index contributed by atoms with van der Waals surface area (Å²) in [4.78, 5) is 0. The quantitative estimate of drug-likeness (QED) is 0.836. The van der Waals surface area contributed by atoms with E-state index in [4.69, 9.17) is 4.74 Å². The molecule has 1 aliphatic rings. The summed E-state index contributed by atoms with van der Waals surface area (Å²) in [6, 6.07) is 8.50. The molecule has 1 atom stereocenters. The lowest BCUT2D eigenvalue weighted by atomic mass is 9.95. The van der Waals surface area contributed by atoms with Crippen LogP contribution < -0.4 is 10.1 Å². The van der Waals surface area contributed by atoms with E-state index in [9.17, 15) is 0 Å². The third-order valence-electron chi connectivity index (χ3n) is 4.30. The van der Waals surface area contributed by atoms with Gasteiger partial charge < -0.3 is 10.1 Å². The molecule has 0 spiro atoms. The molecule has 1 saturated heterocycles. The lowest BCUT2D eigenvalue weighted by Crippen LogP contribution is -2.28. The second-order valence-electron chi connectivity index (χ2n) is 5.68. The molecule has 1 fully saturated rings. The number of piperidine rings is 1. The average molecular weight is 261 g/mol. The first-order chi connectivity index (χ1) is 9.31. The van der Waals surface area contributed by atoms with Gasteiger partial charge in [0.2, 0.25) is 0 Å². The van der Waals surface area contributed by atoms with Crippen molar-refractivity contribution in [1.82, 2.24) is 5.32 Å². The first kappa shape index (κ1) is 14.4. The molecule has 1 heterocycles. The molecule has 2 heteroatoms. The highest BCUT2D eigenvalue weighted by Gasteiger charge is 2.14. The number of nitrogens with one attached hydrogen (secondary N) is 1. The highest BCUT2D eigenvalue weighted by molar-refractivity contribution is 5.35. The van der Waals surface area contributed by atoms with Crippen LogP contribution in [0.4, 0.5) is 0 Å². The van der Waals surface area contributed by atoms with Crippen molar-refractivity contribution in [2.45, 2.75) is 45.4 Å². The van der Waals surface area contributed by atoms with Crippen molar-refractivity contribution in [2.24, 2.45) is 5.92 Å². The smallest absolute Gasteiger partial charge is 0.122 e. The minimum Gasteiger partial charge on any atom is -0.493 e. The number of hydrogen-bond donors (Lipinski definition) is 1. The Morgan fingerprint density at radius 1 is 1.26 bits per heavy atom. The third-order valence-corrected chi connectivity index (χ3v) is 4.30. The standard InChI is InChI=1S/C17H27NO/c1-3-14(2)16-6-4-5-7-17(16)19-13-10-15-8-11-18-12-9-15/h4-7,14-15,18H,3,8-13H2,1-2H3/t14-/m1/s1. The summed E-state index contributed by atoms with van der Waals surface area (Å²) in [7, 11) is 0. The fourth-order valence-corrected chi connectivity index (χ4v) is 2.74. The van der Waals surface area contributed by atoms with E-state index in [1.165, 1.54) is 37.9 Å². The minimum absolute atomic E-state index is 0.579. The number of para-hydroxylation sites is 1. The van der Waals surface area contributed by atoms with Gasteiger partial charge in [-0.2, -0.15) is 0 Å². The Morgan fingerprint density at radius 2 is 2.00 bits per heavy atom. The first-order valence-corrected chi connectivity index (χ1v) is 7.73. The zero-order valence-corrected chi connectivity index (χ0v) is 12.3. The largest absolute Gasteiger partial charge is 0.493 e. The molecule has 0 aliphatic carbocycles. The highest BCUT2D eigenvalue weighted by Crippen LogP contribution is 2.28. The van der Waals surface area contributed by atoms with Gasteiger partial charge in [0.15, 0.2) is 0 Å². The molecular weight excluding hydrogens is 234 g/mol. The van der Waals surface area contributed by atoms with Gasteiger partial charge in [-0.3, -0.25) is 0 Å². The number of ether oxygens (including phenoxy) is 1. The zero-order chi connectivity index (χ0) is 13.5. The maximum Gasteiger partial charge on any atom is 0.122 e. The van der Waals surface area contributed by atoms with Crippen molar-refractivity contribution in [3.05, 3.63) is 29.8 Å². The highest BCUT2D eigenvalue weighted by atomic mass is 16.5. The van der Waals surface area contributed by atoms with E-state index in [2.05, 4.69) is 43.4 Å². The van der Waals surface area contributed by atoms with Crippen LogP contribution in [0.2, 0.25) is 0 Å². The molecule has 0 unspecified atom stereocenters. The molecular formula is C17H27NO. The fourth-order valence-electron chi connectivity index (χ4n) is 2.74. The number of hydrogen-bond acceptors (Lipinski definition) is 2. The van der Waals surface area contributed by atoms with Crippen LogP contribution in [0.3, 0.4) is 0 Å². The first-order valence-electron chi connectivity index (χ1n) is 7.73. The van der Waals surface area contributed by atoms with Crippen LogP contribution in [0.15, 0.2) is 24.3 Å².